The second-order valence-corrected chi connectivity index (χ2v) is 8.15. The highest BCUT2D eigenvalue weighted by Gasteiger charge is 2.51. The van der Waals surface area contributed by atoms with Crippen LogP contribution in [-0.4, -0.2) is 54.0 Å². The smallest absolute Gasteiger partial charge is 0.273 e. The molecule has 1 atom stereocenters. The van der Waals surface area contributed by atoms with Crippen LogP contribution in [0.1, 0.15) is 28.9 Å². The summed E-state index contributed by atoms with van der Waals surface area (Å²) in [5, 5.41) is 4.65. The van der Waals surface area contributed by atoms with Crippen LogP contribution < -0.4 is 5.32 Å². The van der Waals surface area contributed by atoms with Gasteiger partial charge in [-0.15, -0.1) is 11.3 Å². The molecule has 28 heavy (non-hydrogen) atoms. The molecule has 1 unspecified atom stereocenters. The predicted octanol–water partition coefficient (Wildman–Crippen LogP) is 2.26. The largest absolute Gasteiger partial charge is 0.376 e. The Morgan fingerprint density at radius 1 is 1.36 bits per heavy atom. The normalized spacial score (nSPS) is 20.6. The molecule has 0 saturated carbocycles. The first-order valence-corrected chi connectivity index (χ1v) is 10.3. The number of nitrogens with one attached hydrogen (secondary N) is 1. The summed E-state index contributed by atoms with van der Waals surface area (Å²) in [6.45, 7) is 1.65. The van der Waals surface area contributed by atoms with Crippen molar-refractivity contribution in [3.63, 3.8) is 0 Å². The molecule has 2 aromatic rings. The molecule has 2 aliphatic heterocycles. The van der Waals surface area contributed by atoms with E-state index in [9.17, 15) is 14.0 Å². The summed E-state index contributed by atoms with van der Waals surface area (Å²) in [5.74, 6) is -0.691. The van der Waals surface area contributed by atoms with Crippen LogP contribution >= 0.6 is 11.3 Å². The van der Waals surface area contributed by atoms with Gasteiger partial charge in [0, 0.05) is 31.6 Å². The van der Waals surface area contributed by atoms with Crippen molar-refractivity contribution in [3.05, 3.63) is 52.2 Å². The number of likely N-dealkylation sites (tertiary alicyclic amines) is 1. The van der Waals surface area contributed by atoms with Crippen LogP contribution in [0.25, 0.3) is 0 Å². The lowest BCUT2D eigenvalue weighted by atomic mass is 9.73. The van der Waals surface area contributed by atoms with E-state index < -0.39 is 5.41 Å². The molecular weight excluding hydrogens is 381 g/mol. The fraction of sp³-hybridized carbons (Fsp3) is 0.450. The standard InChI is InChI=1S/C20H22FN3O3S/c21-16-6-2-1-4-14(16)8-20(19(26)22-9-15-5-3-7-27-15)11-24(12-20)18(25)17-10-28-13-23-17/h1-2,4,6,10,13,15H,3,5,7-9,11-12H2,(H,22,26). The second kappa shape index (κ2) is 7.97. The fourth-order valence-electron chi connectivity index (χ4n) is 3.85. The molecular formula is C20H22FN3O3S. The van der Waals surface area contributed by atoms with Gasteiger partial charge in [-0.25, -0.2) is 9.37 Å². The number of thiazole rings is 1. The van der Waals surface area contributed by atoms with Crippen molar-refractivity contribution in [3.8, 4) is 0 Å². The number of ether oxygens (including phenoxy) is 1. The average Bonchev–Trinajstić information content (AvgIpc) is 3.37. The zero-order valence-corrected chi connectivity index (χ0v) is 16.2. The molecule has 1 N–H and O–H groups in total. The first-order valence-electron chi connectivity index (χ1n) is 9.38. The third-order valence-corrected chi connectivity index (χ3v) is 5.99. The molecule has 2 amide bonds. The van der Waals surface area contributed by atoms with Gasteiger partial charge >= 0.3 is 0 Å². The van der Waals surface area contributed by atoms with Gasteiger partial charge in [0.25, 0.3) is 5.91 Å². The van der Waals surface area contributed by atoms with Gasteiger partial charge in [0.15, 0.2) is 0 Å². The van der Waals surface area contributed by atoms with Crippen molar-refractivity contribution in [2.45, 2.75) is 25.4 Å². The minimum atomic E-state index is -0.841. The highest BCUT2D eigenvalue weighted by Crippen LogP contribution is 2.36. The molecule has 8 heteroatoms. The minimum Gasteiger partial charge on any atom is -0.376 e. The molecule has 2 aliphatic rings. The maximum atomic E-state index is 14.2. The number of benzene rings is 1. The molecule has 0 aliphatic carbocycles. The lowest BCUT2D eigenvalue weighted by molar-refractivity contribution is -0.139. The van der Waals surface area contributed by atoms with Crippen molar-refractivity contribution < 1.29 is 18.7 Å². The number of halogens is 1. The van der Waals surface area contributed by atoms with Crippen LogP contribution in [0, 0.1) is 11.2 Å². The van der Waals surface area contributed by atoms with Crippen LogP contribution in [0.5, 0.6) is 0 Å². The van der Waals surface area contributed by atoms with Crippen LogP contribution in [-0.2, 0) is 16.0 Å². The van der Waals surface area contributed by atoms with E-state index in [1.54, 1.807) is 34.0 Å². The first-order chi connectivity index (χ1) is 13.6. The molecule has 0 radical (unpaired) electrons. The summed E-state index contributed by atoms with van der Waals surface area (Å²) in [5.41, 5.74) is 1.63. The van der Waals surface area contributed by atoms with Gasteiger partial charge in [-0.1, -0.05) is 18.2 Å². The Morgan fingerprint density at radius 3 is 2.86 bits per heavy atom. The molecule has 0 spiro atoms. The monoisotopic (exact) mass is 403 g/mol. The van der Waals surface area contributed by atoms with Gasteiger partial charge in [0.2, 0.25) is 5.91 Å². The van der Waals surface area contributed by atoms with Gasteiger partial charge in [-0.05, 0) is 30.9 Å². The van der Waals surface area contributed by atoms with Crippen LogP contribution in [0.15, 0.2) is 35.2 Å². The third-order valence-electron chi connectivity index (χ3n) is 5.41. The molecule has 2 saturated heterocycles. The van der Waals surface area contributed by atoms with Gasteiger partial charge in [-0.3, -0.25) is 9.59 Å². The summed E-state index contributed by atoms with van der Waals surface area (Å²) in [6, 6.07) is 6.47. The zero-order valence-electron chi connectivity index (χ0n) is 15.4. The summed E-state index contributed by atoms with van der Waals surface area (Å²) in [4.78, 5) is 31.2. The highest BCUT2D eigenvalue weighted by molar-refractivity contribution is 7.07. The SMILES string of the molecule is O=C(c1cscn1)N1CC(Cc2ccccc2F)(C(=O)NCC2CCCO2)C1. The zero-order chi connectivity index (χ0) is 19.6. The van der Waals surface area contributed by atoms with Crippen molar-refractivity contribution in [1.29, 1.82) is 0 Å². The number of aromatic nitrogens is 1. The van der Waals surface area contributed by atoms with Gasteiger partial charge in [0.1, 0.15) is 11.5 Å². The van der Waals surface area contributed by atoms with E-state index in [4.69, 9.17) is 4.74 Å². The van der Waals surface area contributed by atoms with E-state index in [2.05, 4.69) is 10.3 Å². The molecule has 148 valence electrons. The van der Waals surface area contributed by atoms with E-state index in [1.165, 1.54) is 17.4 Å². The molecule has 1 aromatic carbocycles. The second-order valence-electron chi connectivity index (χ2n) is 7.43. The number of nitrogens with zero attached hydrogens (tertiary/aromatic N) is 2. The van der Waals surface area contributed by atoms with Crippen molar-refractivity contribution in [2.24, 2.45) is 5.41 Å². The lowest BCUT2D eigenvalue weighted by Crippen LogP contribution is -2.66. The number of carbonyl (C=O) groups is 2. The summed E-state index contributed by atoms with van der Waals surface area (Å²) in [6.07, 6.45) is 2.20. The van der Waals surface area contributed by atoms with Crippen molar-refractivity contribution in [1.82, 2.24) is 15.2 Å². The fourth-order valence-corrected chi connectivity index (χ4v) is 4.38. The molecule has 6 nitrogen and oxygen atoms in total. The number of hydrogen-bond donors (Lipinski definition) is 1. The number of carbonyl (C=O) groups excluding carboxylic acids is 2. The topological polar surface area (TPSA) is 71.5 Å². The van der Waals surface area contributed by atoms with E-state index in [0.29, 0.717) is 17.8 Å². The number of rotatable bonds is 6. The van der Waals surface area contributed by atoms with Crippen LogP contribution in [0.3, 0.4) is 0 Å². The Kier molecular flexibility index (Phi) is 5.41. The predicted molar refractivity (Wildman–Crippen MR) is 103 cm³/mol. The minimum absolute atomic E-state index is 0.0299. The Bertz CT molecular complexity index is 846. The summed E-state index contributed by atoms with van der Waals surface area (Å²) >= 11 is 1.35. The molecule has 4 rings (SSSR count). The van der Waals surface area contributed by atoms with Crippen molar-refractivity contribution in [2.75, 3.05) is 26.2 Å². The van der Waals surface area contributed by atoms with Crippen molar-refractivity contribution >= 4 is 23.2 Å². The number of hydrogen-bond acceptors (Lipinski definition) is 5. The Morgan fingerprint density at radius 2 is 2.18 bits per heavy atom. The van der Waals surface area contributed by atoms with E-state index in [-0.39, 0.29) is 43.2 Å². The molecule has 1 aromatic heterocycles. The van der Waals surface area contributed by atoms with Gasteiger partial charge < -0.3 is 15.0 Å². The van der Waals surface area contributed by atoms with Crippen LogP contribution in [0.4, 0.5) is 4.39 Å². The summed E-state index contributed by atoms with van der Waals surface area (Å²) < 4.78 is 19.8. The van der Waals surface area contributed by atoms with Gasteiger partial charge in [0.05, 0.1) is 17.0 Å². The quantitative estimate of drug-likeness (QED) is 0.803. The Balaban J connectivity index is 1.48. The maximum Gasteiger partial charge on any atom is 0.273 e. The third kappa shape index (κ3) is 3.79. The summed E-state index contributed by atoms with van der Waals surface area (Å²) in [7, 11) is 0. The first kappa shape index (κ1) is 19.0. The lowest BCUT2D eigenvalue weighted by Gasteiger charge is -2.48. The van der Waals surface area contributed by atoms with E-state index >= 15 is 0 Å². The molecule has 3 heterocycles. The van der Waals surface area contributed by atoms with E-state index in [1.807, 2.05) is 0 Å². The van der Waals surface area contributed by atoms with E-state index in [0.717, 1.165) is 19.4 Å². The Labute approximate surface area is 166 Å². The van der Waals surface area contributed by atoms with Gasteiger partial charge in [-0.2, -0.15) is 0 Å². The number of amides is 2. The average molecular weight is 403 g/mol. The highest BCUT2D eigenvalue weighted by atomic mass is 32.1. The maximum absolute atomic E-state index is 14.2. The molecule has 0 bridgehead atoms. The Hall–Kier alpha value is -2.32. The molecule has 2 fully saturated rings. The van der Waals surface area contributed by atoms with Crippen LogP contribution in [0.2, 0.25) is 0 Å².